The van der Waals surface area contributed by atoms with E-state index in [4.69, 9.17) is 24.4 Å². The molecule has 336 valence electrons. The summed E-state index contributed by atoms with van der Waals surface area (Å²) in [6.07, 6.45) is 0.491. The maximum absolute atomic E-state index is 13.0. The van der Waals surface area contributed by atoms with Gasteiger partial charge in [-0.15, -0.1) is 0 Å². The summed E-state index contributed by atoms with van der Waals surface area (Å²) in [5.41, 5.74) is 5.24. The van der Waals surface area contributed by atoms with Gasteiger partial charge in [-0.2, -0.15) is 0 Å². The van der Waals surface area contributed by atoms with Gasteiger partial charge in [-0.3, -0.25) is 0 Å². The van der Waals surface area contributed by atoms with E-state index in [-0.39, 0.29) is 9.79 Å². The molecule has 4 amide bonds. The highest BCUT2D eigenvalue weighted by Crippen LogP contribution is 2.26. The molecule has 0 saturated heterocycles. The molecule has 14 nitrogen and oxygen atoms in total. The molecule has 67 heavy (non-hydrogen) atoms. The molecule has 0 atom stereocenters. The number of anilines is 6. The molecule has 0 aliphatic carbocycles. The zero-order chi connectivity index (χ0) is 47.0. The summed E-state index contributed by atoms with van der Waals surface area (Å²) in [6, 6.07) is 50.9. The van der Waals surface area contributed by atoms with Gasteiger partial charge >= 0.3 is 12.1 Å². The summed E-state index contributed by atoms with van der Waals surface area (Å²) in [7, 11) is -8.41. The number of nitrogens with one attached hydrogen (secondary N) is 8. The van der Waals surface area contributed by atoms with E-state index in [0.717, 1.165) is 44.0 Å². The Morgan fingerprint density at radius 3 is 1.09 bits per heavy atom. The fourth-order valence-electron chi connectivity index (χ4n) is 7.00. The summed E-state index contributed by atoms with van der Waals surface area (Å²) < 4.78 is 56.1. The van der Waals surface area contributed by atoms with Gasteiger partial charge in [0.25, 0.3) is 20.0 Å². The van der Waals surface area contributed by atoms with E-state index in [0.29, 0.717) is 39.4 Å². The Labute approximate surface area is 397 Å². The van der Waals surface area contributed by atoms with E-state index in [1.807, 2.05) is 94.4 Å². The maximum Gasteiger partial charge on any atom is 0.333 e. The molecule has 0 aromatic heterocycles. The smallest absolute Gasteiger partial charge is 0.332 e. The summed E-state index contributed by atoms with van der Waals surface area (Å²) in [5, 5.41) is 22.3. The Morgan fingerprint density at radius 2 is 0.701 bits per heavy atom. The van der Waals surface area contributed by atoms with Crippen LogP contribution in [-0.2, 0) is 26.5 Å². The number of amides is 4. The Morgan fingerprint density at radius 1 is 0.373 bits per heavy atom. The number of hydrogen-bond donors (Lipinski definition) is 8. The third-order valence-electron chi connectivity index (χ3n) is 10.2. The second-order valence-electron chi connectivity index (χ2n) is 15.0. The number of rotatable bonds is 12. The molecule has 8 aromatic rings. The van der Waals surface area contributed by atoms with Crippen molar-refractivity contribution in [3.63, 3.8) is 0 Å². The SMILES string of the molecule is O=C(Nc1ccc(Cc2ccc(NC(=O)NS(=O)(=O)c3ccc(NC(=S)Nc4cccc5ccccc45)cc3)cc2)cc1)NS(=O)(=O)c1ccc(NC(=S)Nc2cccc3ccccc23)cc1. The number of thiocarbonyl (C=S) groups is 2. The number of sulfonamides is 2. The third kappa shape index (κ3) is 11.9. The number of fused-ring (bicyclic) bond motifs is 2. The molecule has 0 unspecified atom stereocenters. The molecular weight excluding hydrogens is 925 g/mol. The molecule has 0 aliphatic heterocycles. The van der Waals surface area contributed by atoms with E-state index in [1.54, 1.807) is 72.8 Å². The first-order valence-electron chi connectivity index (χ1n) is 20.4. The molecule has 8 aromatic carbocycles. The zero-order valence-electron chi connectivity index (χ0n) is 35.1. The predicted octanol–water partition coefficient (Wildman–Crippen LogP) is 10.2. The van der Waals surface area contributed by atoms with Crippen molar-refractivity contribution in [3.05, 3.63) is 193 Å². The number of hydrogen-bond acceptors (Lipinski definition) is 8. The fraction of sp³-hybridized carbons (Fsp3) is 0.0204. The number of benzene rings is 8. The number of carbonyl (C=O) groups excluding carboxylic acids is 2. The van der Waals surface area contributed by atoms with Crippen LogP contribution in [0.3, 0.4) is 0 Å². The molecule has 0 heterocycles. The maximum atomic E-state index is 13.0. The second kappa shape index (κ2) is 20.1. The van der Waals surface area contributed by atoms with Gasteiger partial charge in [-0.1, -0.05) is 97.1 Å². The molecule has 0 fully saturated rings. The minimum atomic E-state index is -4.20. The molecular formula is C49H40N8O6S4. The van der Waals surface area contributed by atoms with Crippen molar-refractivity contribution in [2.45, 2.75) is 16.2 Å². The van der Waals surface area contributed by atoms with Crippen molar-refractivity contribution in [1.82, 2.24) is 9.44 Å². The Balaban J connectivity index is 0.770. The lowest BCUT2D eigenvalue weighted by Crippen LogP contribution is -2.34. The fourth-order valence-corrected chi connectivity index (χ4v) is 9.27. The number of carbonyl (C=O) groups is 2. The first-order valence-corrected chi connectivity index (χ1v) is 24.2. The second-order valence-corrected chi connectivity index (χ2v) is 19.1. The van der Waals surface area contributed by atoms with E-state index in [9.17, 15) is 26.4 Å². The molecule has 0 spiro atoms. The summed E-state index contributed by atoms with van der Waals surface area (Å²) in [5.74, 6) is 0. The largest absolute Gasteiger partial charge is 0.333 e. The molecule has 0 bridgehead atoms. The highest BCUT2D eigenvalue weighted by molar-refractivity contribution is 7.90. The van der Waals surface area contributed by atoms with Crippen LogP contribution in [-0.4, -0.2) is 39.1 Å². The van der Waals surface area contributed by atoms with Crippen LogP contribution in [0.15, 0.2) is 192 Å². The first-order chi connectivity index (χ1) is 32.3. The van der Waals surface area contributed by atoms with E-state index < -0.39 is 32.1 Å². The van der Waals surface area contributed by atoms with Crippen molar-refractivity contribution in [3.8, 4) is 0 Å². The minimum absolute atomic E-state index is 0.119. The Bertz CT molecular complexity index is 3140. The quantitative estimate of drug-likeness (QED) is 0.0540. The van der Waals surface area contributed by atoms with Gasteiger partial charge in [0, 0.05) is 44.9 Å². The molecule has 0 radical (unpaired) electrons. The van der Waals surface area contributed by atoms with Gasteiger partial charge in [0.15, 0.2) is 10.2 Å². The van der Waals surface area contributed by atoms with E-state index in [1.165, 1.54) is 24.3 Å². The van der Waals surface area contributed by atoms with E-state index in [2.05, 4.69) is 31.9 Å². The highest BCUT2D eigenvalue weighted by Gasteiger charge is 2.20. The average Bonchev–Trinajstić information content (AvgIpc) is 3.30. The van der Waals surface area contributed by atoms with Crippen LogP contribution in [0.2, 0.25) is 0 Å². The van der Waals surface area contributed by atoms with Crippen molar-refractivity contribution in [1.29, 1.82) is 0 Å². The van der Waals surface area contributed by atoms with Crippen LogP contribution in [0.5, 0.6) is 0 Å². The highest BCUT2D eigenvalue weighted by atomic mass is 32.2. The van der Waals surface area contributed by atoms with Gasteiger partial charge in [0.2, 0.25) is 0 Å². The van der Waals surface area contributed by atoms with Crippen molar-refractivity contribution < 1.29 is 26.4 Å². The first kappa shape index (κ1) is 45.7. The van der Waals surface area contributed by atoms with Gasteiger partial charge in [-0.05, 0) is 138 Å². The van der Waals surface area contributed by atoms with E-state index >= 15 is 0 Å². The average molecular weight is 965 g/mol. The Kier molecular flexibility index (Phi) is 13.7. The monoisotopic (exact) mass is 964 g/mol. The van der Waals surface area contributed by atoms with Gasteiger partial charge in [0.1, 0.15) is 0 Å². The minimum Gasteiger partial charge on any atom is -0.332 e. The number of urea groups is 2. The topological polar surface area (TPSA) is 199 Å². The Hall–Kier alpha value is -7.90. The summed E-state index contributed by atoms with van der Waals surface area (Å²) >= 11 is 10.9. The summed E-state index contributed by atoms with van der Waals surface area (Å²) in [4.78, 5) is 25.2. The lowest BCUT2D eigenvalue weighted by atomic mass is 10.0. The predicted molar refractivity (Wildman–Crippen MR) is 275 cm³/mol. The van der Waals surface area contributed by atoms with Gasteiger partial charge in [-0.25, -0.2) is 35.9 Å². The third-order valence-corrected chi connectivity index (χ3v) is 13.3. The van der Waals surface area contributed by atoms with Gasteiger partial charge in [0.05, 0.1) is 9.79 Å². The van der Waals surface area contributed by atoms with Crippen LogP contribution in [0.25, 0.3) is 21.5 Å². The van der Waals surface area contributed by atoms with Crippen molar-refractivity contribution >= 4 is 122 Å². The molecule has 8 rings (SSSR count). The van der Waals surface area contributed by atoms with Gasteiger partial charge < -0.3 is 31.9 Å². The zero-order valence-corrected chi connectivity index (χ0v) is 38.4. The standard InChI is InChI=1S/C49H40N8O6S4/c58-46(56-66(60,61)40-27-23-38(24-28-40)52-48(64)54-44-13-5-9-34-7-1-3-11-42(34)44)50-36-19-15-32(16-20-36)31-33-17-21-37(22-18-33)51-47(59)57-67(62,63)41-29-25-39(26-30-41)53-49(65)55-45-14-6-10-35-8-2-4-12-43(35)45/h1-30H,31H2,(H2,50,56,58)(H2,51,57,59)(H2,52,54,64)(H2,53,55,65). The van der Waals surface area contributed by atoms with Crippen molar-refractivity contribution in [2.75, 3.05) is 31.9 Å². The van der Waals surface area contributed by atoms with Crippen molar-refractivity contribution in [2.24, 2.45) is 0 Å². The molecule has 8 N–H and O–H groups in total. The van der Waals surface area contributed by atoms with Crippen LogP contribution >= 0.6 is 24.4 Å². The van der Waals surface area contributed by atoms with Crippen LogP contribution in [0, 0.1) is 0 Å². The molecule has 18 heteroatoms. The summed E-state index contributed by atoms with van der Waals surface area (Å²) in [6.45, 7) is 0. The molecule has 0 saturated carbocycles. The normalized spacial score (nSPS) is 11.2. The lowest BCUT2D eigenvalue weighted by molar-refractivity contribution is 0.255. The van der Waals surface area contributed by atoms with Crippen LogP contribution in [0.1, 0.15) is 11.1 Å². The molecule has 0 aliphatic rings. The van der Waals surface area contributed by atoms with Crippen LogP contribution in [0.4, 0.5) is 43.7 Å². The lowest BCUT2D eigenvalue weighted by Gasteiger charge is -2.13. The van der Waals surface area contributed by atoms with Crippen LogP contribution < -0.4 is 41.3 Å².